The molecule has 0 fully saturated rings. The summed E-state index contributed by atoms with van der Waals surface area (Å²) in [4.78, 5) is 14.8. The van der Waals surface area contributed by atoms with Crippen LogP contribution in [-0.2, 0) is 11.3 Å². The first-order chi connectivity index (χ1) is 12.7. The predicted molar refractivity (Wildman–Crippen MR) is 104 cm³/mol. The third-order valence-corrected chi connectivity index (χ3v) is 5.13. The Morgan fingerprint density at radius 3 is 2.42 bits per heavy atom. The van der Waals surface area contributed by atoms with Crippen LogP contribution < -0.4 is 0 Å². The van der Waals surface area contributed by atoms with Gasteiger partial charge in [-0.1, -0.05) is 60.3 Å². The van der Waals surface area contributed by atoms with Gasteiger partial charge in [0.1, 0.15) is 6.33 Å². The summed E-state index contributed by atoms with van der Waals surface area (Å²) in [5, 5.41) is 8.67. The number of nitrogens with zero attached hydrogens (tertiary/aromatic N) is 4. The van der Waals surface area contributed by atoms with Gasteiger partial charge >= 0.3 is 0 Å². The van der Waals surface area contributed by atoms with E-state index in [-0.39, 0.29) is 11.2 Å². The summed E-state index contributed by atoms with van der Waals surface area (Å²) in [5.41, 5.74) is 2.11. The topological polar surface area (TPSA) is 51.0 Å². The molecule has 3 rings (SSSR count). The minimum atomic E-state index is -0.245. The summed E-state index contributed by atoms with van der Waals surface area (Å²) in [5.74, 6) is 0.101. The number of carbonyl (C=O) groups excluding carboxylic acids is 1. The van der Waals surface area contributed by atoms with Crippen molar-refractivity contribution in [1.29, 1.82) is 0 Å². The molecular formula is C20H22N4OS. The number of hydrogen-bond acceptors (Lipinski definition) is 4. The van der Waals surface area contributed by atoms with Crippen LogP contribution >= 0.6 is 11.8 Å². The van der Waals surface area contributed by atoms with Crippen LogP contribution in [0.5, 0.6) is 0 Å². The molecule has 0 aliphatic carbocycles. The smallest absolute Gasteiger partial charge is 0.236 e. The highest BCUT2D eigenvalue weighted by Gasteiger charge is 2.23. The number of thioether (sulfide) groups is 1. The largest absolute Gasteiger partial charge is 0.338 e. The Bertz CT molecular complexity index is 835. The predicted octanol–water partition coefficient (Wildman–Crippen LogP) is 3.80. The molecule has 1 atom stereocenters. The lowest BCUT2D eigenvalue weighted by molar-refractivity contribution is -0.130. The van der Waals surface area contributed by atoms with Gasteiger partial charge in [-0.2, -0.15) is 0 Å². The molecule has 1 aromatic heterocycles. The molecule has 0 saturated carbocycles. The maximum Gasteiger partial charge on any atom is 0.236 e. The lowest BCUT2D eigenvalue weighted by atomic mass is 10.2. The Labute approximate surface area is 158 Å². The fourth-order valence-corrected chi connectivity index (χ4v) is 3.61. The van der Waals surface area contributed by atoms with Crippen LogP contribution in [0, 0.1) is 0 Å². The van der Waals surface area contributed by atoms with E-state index >= 15 is 0 Å². The molecule has 134 valence electrons. The van der Waals surface area contributed by atoms with Crippen LogP contribution in [0.3, 0.4) is 0 Å². The van der Waals surface area contributed by atoms with Crippen molar-refractivity contribution in [2.45, 2.75) is 30.8 Å². The number of benzene rings is 2. The van der Waals surface area contributed by atoms with E-state index < -0.39 is 0 Å². The van der Waals surface area contributed by atoms with Gasteiger partial charge in [-0.15, -0.1) is 10.2 Å². The minimum Gasteiger partial charge on any atom is -0.338 e. The molecule has 0 radical (unpaired) electrons. The molecule has 0 N–H and O–H groups in total. The summed E-state index contributed by atoms with van der Waals surface area (Å²) in [6.07, 6.45) is 1.68. The number of aromatic nitrogens is 3. The lowest BCUT2D eigenvalue weighted by Crippen LogP contribution is -2.36. The van der Waals surface area contributed by atoms with E-state index in [1.54, 1.807) is 6.33 Å². The zero-order valence-electron chi connectivity index (χ0n) is 14.9. The van der Waals surface area contributed by atoms with Crippen molar-refractivity contribution in [3.05, 3.63) is 72.6 Å². The van der Waals surface area contributed by atoms with Crippen LogP contribution in [0.25, 0.3) is 5.69 Å². The molecule has 0 aliphatic heterocycles. The van der Waals surface area contributed by atoms with E-state index in [0.717, 1.165) is 11.3 Å². The highest BCUT2D eigenvalue weighted by atomic mass is 32.2. The molecule has 0 saturated heterocycles. The highest BCUT2D eigenvalue weighted by molar-refractivity contribution is 8.00. The number of amides is 1. The second-order valence-corrected chi connectivity index (χ2v) is 7.23. The van der Waals surface area contributed by atoms with Gasteiger partial charge < -0.3 is 4.90 Å². The Morgan fingerprint density at radius 1 is 1.12 bits per heavy atom. The van der Waals surface area contributed by atoms with Crippen molar-refractivity contribution in [2.75, 3.05) is 6.54 Å². The molecule has 1 heterocycles. The van der Waals surface area contributed by atoms with Crippen molar-refractivity contribution in [2.24, 2.45) is 0 Å². The Hall–Kier alpha value is -2.60. The number of carbonyl (C=O) groups is 1. The quantitative estimate of drug-likeness (QED) is 0.597. The van der Waals surface area contributed by atoms with Gasteiger partial charge in [0, 0.05) is 18.8 Å². The lowest BCUT2D eigenvalue weighted by Gasteiger charge is -2.24. The van der Waals surface area contributed by atoms with Crippen LogP contribution in [-0.4, -0.2) is 37.4 Å². The number of hydrogen-bond donors (Lipinski definition) is 0. The van der Waals surface area contributed by atoms with E-state index in [1.165, 1.54) is 11.8 Å². The normalized spacial score (nSPS) is 11.9. The maximum absolute atomic E-state index is 12.9. The summed E-state index contributed by atoms with van der Waals surface area (Å²) in [6, 6.07) is 19.9. The molecule has 26 heavy (non-hydrogen) atoms. The average Bonchev–Trinajstić information content (AvgIpc) is 3.15. The first kappa shape index (κ1) is 18.2. The van der Waals surface area contributed by atoms with Crippen LogP contribution in [0.15, 0.2) is 72.1 Å². The summed E-state index contributed by atoms with van der Waals surface area (Å²) in [7, 11) is 0. The second kappa shape index (κ2) is 8.67. The third kappa shape index (κ3) is 4.32. The van der Waals surface area contributed by atoms with Gasteiger partial charge in [-0.05, 0) is 31.5 Å². The molecule has 6 heteroatoms. The van der Waals surface area contributed by atoms with E-state index in [4.69, 9.17) is 0 Å². The second-order valence-electron chi connectivity index (χ2n) is 5.92. The van der Waals surface area contributed by atoms with Crippen LogP contribution in [0.2, 0.25) is 0 Å². The first-order valence-electron chi connectivity index (χ1n) is 8.64. The summed E-state index contributed by atoms with van der Waals surface area (Å²) in [6.45, 7) is 5.21. The standard InChI is InChI=1S/C20H22N4OS/c1-3-23(14-17-10-6-4-7-11-17)19(25)16(2)26-20-22-21-15-24(20)18-12-8-5-9-13-18/h4-13,15-16H,3,14H2,1-2H3/t16-/m0/s1. The van der Waals surface area contributed by atoms with E-state index in [1.807, 2.05) is 84.0 Å². The average molecular weight is 366 g/mol. The fourth-order valence-electron chi connectivity index (χ4n) is 2.69. The van der Waals surface area contributed by atoms with E-state index in [0.29, 0.717) is 18.2 Å². The zero-order valence-corrected chi connectivity index (χ0v) is 15.8. The van der Waals surface area contributed by atoms with Crippen LogP contribution in [0.1, 0.15) is 19.4 Å². The van der Waals surface area contributed by atoms with Gasteiger partial charge in [0.25, 0.3) is 0 Å². The van der Waals surface area contributed by atoms with Crippen molar-refractivity contribution < 1.29 is 4.79 Å². The molecule has 2 aromatic carbocycles. The molecule has 0 aliphatic rings. The zero-order chi connectivity index (χ0) is 18.4. The fraction of sp³-hybridized carbons (Fsp3) is 0.250. The third-order valence-electron chi connectivity index (χ3n) is 4.09. The van der Waals surface area contributed by atoms with Crippen molar-refractivity contribution in [3.8, 4) is 5.69 Å². The molecule has 0 spiro atoms. The highest BCUT2D eigenvalue weighted by Crippen LogP contribution is 2.25. The molecule has 5 nitrogen and oxygen atoms in total. The Morgan fingerprint density at radius 2 is 1.77 bits per heavy atom. The van der Waals surface area contributed by atoms with Gasteiger partial charge in [-0.25, -0.2) is 0 Å². The SMILES string of the molecule is CCN(Cc1ccccc1)C(=O)[C@H](C)Sc1nncn1-c1ccccc1. The summed E-state index contributed by atoms with van der Waals surface area (Å²) < 4.78 is 1.90. The number of para-hydroxylation sites is 1. The minimum absolute atomic E-state index is 0.101. The Kier molecular flexibility index (Phi) is 6.07. The molecule has 3 aromatic rings. The van der Waals surface area contributed by atoms with Crippen molar-refractivity contribution >= 4 is 17.7 Å². The van der Waals surface area contributed by atoms with Crippen molar-refractivity contribution in [1.82, 2.24) is 19.7 Å². The van der Waals surface area contributed by atoms with Gasteiger partial charge in [0.15, 0.2) is 5.16 Å². The summed E-state index contributed by atoms with van der Waals surface area (Å²) >= 11 is 1.43. The van der Waals surface area contributed by atoms with Gasteiger partial charge in [0.05, 0.1) is 5.25 Å². The molecular weight excluding hydrogens is 344 g/mol. The van der Waals surface area contributed by atoms with Gasteiger partial charge in [-0.3, -0.25) is 9.36 Å². The maximum atomic E-state index is 12.9. The van der Waals surface area contributed by atoms with E-state index in [2.05, 4.69) is 10.2 Å². The van der Waals surface area contributed by atoms with E-state index in [9.17, 15) is 4.79 Å². The molecule has 1 amide bonds. The monoisotopic (exact) mass is 366 g/mol. The van der Waals surface area contributed by atoms with Gasteiger partial charge in [0.2, 0.25) is 5.91 Å². The van der Waals surface area contributed by atoms with Crippen molar-refractivity contribution in [3.63, 3.8) is 0 Å². The molecule has 0 unspecified atom stereocenters. The van der Waals surface area contributed by atoms with Crippen LogP contribution in [0.4, 0.5) is 0 Å². The number of rotatable bonds is 7. The Balaban J connectivity index is 1.70. The first-order valence-corrected chi connectivity index (χ1v) is 9.51. The molecule has 0 bridgehead atoms.